The molecule has 76 valence electrons. The van der Waals surface area contributed by atoms with Crippen LogP contribution in [-0.4, -0.2) is 17.9 Å². The molecule has 0 spiro atoms. The van der Waals surface area contributed by atoms with Crippen molar-refractivity contribution in [3.63, 3.8) is 0 Å². The molecule has 0 unspecified atom stereocenters. The second-order valence-electron chi connectivity index (χ2n) is 3.68. The van der Waals surface area contributed by atoms with Gasteiger partial charge in [-0.1, -0.05) is 19.9 Å². The molecule has 1 aromatic heterocycles. The molecule has 0 aliphatic rings. The van der Waals surface area contributed by atoms with E-state index in [1.807, 2.05) is 18.3 Å². The summed E-state index contributed by atoms with van der Waals surface area (Å²) in [6.07, 6.45) is 1.82. The fourth-order valence-electron chi connectivity index (χ4n) is 1.10. The third-order valence-corrected chi connectivity index (χ3v) is 2.25. The molecular weight excluding hydrogens is 176 g/mol. The summed E-state index contributed by atoms with van der Waals surface area (Å²) < 4.78 is 0. The normalized spacial score (nSPS) is 10.4. The zero-order valence-electron chi connectivity index (χ0n) is 9.11. The Morgan fingerprint density at radius 3 is 2.43 bits per heavy atom. The van der Waals surface area contributed by atoms with Crippen LogP contribution in [0.5, 0.6) is 0 Å². The third kappa shape index (κ3) is 2.31. The van der Waals surface area contributed by atoms with Crippen LogP contribution in [0.3, 0.4) is 0 Å². The minimum Gasteiger partial charge on any atom is -0.300 e. The minimum absolute atomic E-state index is 0.00482. The molecule has 0 saturated heterocycles. The largest absolute Gasteiger partial charge is 0.300 e. The third-order valence-electron chi connectivity index (χ3n) is 2.25. The van der Waals surface area contributed by atoms with Gasteiger partial charge in [0.25, 0.3) is 0 Å². The number of aromatic nitrogens is 1. The number of pyridine rings is 1. The zero-order chi connectivity index (χ0) is 10.7. The van der Waals surface area contributed by atoms with Gasteiger partial charge in [0.1, 0.15) is 5.82 Å². The molecule has 3 nitrogen and oxygen atoms in total. The van der Waals surface area contributed by atoms with Gasteiger partial charge in [0.2, 0.25) is 5.91 Å². The second-order valence-corrected chi connectivity index (χ2v) is 3.68. The molecule has 0 saturated carbocycles. The van der Waals surface area contributed by atoms with E-state index in [1.54, 1.807) is 7.05 Å². The molecule has 1 aromatic rings. The van der Waals surface area contributed by atoms with Crippen LogP contribution in [0.2, 0.25) is 0 Å². The lowest BCUT2D eigenvalue weighted by Gasteiger charge is -2.14. The number of anilines is 1. The maximum atomic E-state index is 11.0. The molecule has 0 aliphatic carbocycles. The predicted molar refractivity (Wildman–Crippen MR) is 57.4 cm³/mol. The fraction of sp³-hybridized carbons (Fsp3) is 0.455. The van der Waals surface area contributed by atoms with Crippen molar-refractivity contribution in [2.45, 2.75) is 26.7 Å². The Hall–Kier alpha value is -1.38. The van der Waals surface area contributed by atoms with Crippen LogP contribution in [0.15, 0.2) is 18.3 Å². The molecule has 0 N–H and O–H groups in total. The number of hydrogen-bond donors (Lipinski definition) is 0. The van der Waals surface area contributed by atoms with Crippen molar-refractivity contribution in [3.05, 3.63) is 23.9 Å². The van der Waals surface area contributed by atoms with Crippen LogP contribution >= 0.6 is 0 Å². The first kappa shape index (κ1) is 10.7. The summed E-state index contributed by atoms with van der Waals surface area (Å²) in [5.74, 6) is 1.16. The van der Waals surface area contributed by atoms with Crippen molar-refractivity contribution in [1.82, 2.24) is 4.98 Å². The number of hydrogen-bond acceptors (Lipinski definition) is 2. The first-order chi connectivity index (χ1) is 6.52. The van der Waals surface area contributed by atoms with E-state index < -0.39 is 0 Å². The number of amides is 1. The monoisotopic (exact) mass is 192 g/mol. The van der Waals surface area contributed by atoms with Crippen molar-refractivity contribution >= 4 is 11.7 Å². The molecule has 0 atom stereocenters. The van der Waals surface area contributed by atoms with Gasteiger partial charge >= 0.3 is 0 Å². The van der Waals surface area contributed by atoms with Gasteiger partial charge < -0.3 is 4.90 Å². The highest BCUT2D eigenvalue weighted by atomic mass is 16.2. The summed E-state index contributed by atoms with van der Waals surface area (Å²) in [5.41, 5.74) is 1.19. The first-order valence-electron chi connectivity index (χ1n) is 4.72. The summed E-state index contributed by atoms with van der Waals surface area (Å²) >= 11 is 0. The van der Waals surface area contributed by atoms with E-state index in [-0.39, 0.29) is 5.91 Å². The Morgan fingerprint density at radius 2 is 2.07 bits per heavy atom. The lowest BCUT2D eigenvalue weighted by Crippen LogP contribution is -2.23. The molecule has 14 heavy (non-hydrogen) atoms. The lowest BCUT2D eigenvalue weighted by atomic mass is 10.1. The second kappa shape index (κ2) is 4.22. The predicted octanol–water partition coefficient (Wildman–Crippen LogP) is 2.19. The Bertz CT molecular complexity index is 317. The highest BCUT2D eigenvalue weighted by Crippen LogP contribution is 2.16. The van der Waals surface area contributed by atoms with Gasteiger partial charge in [0.05, 0.1) is 0 Å². The van der Waals surface area contributed by atoms with E-state index in [0.29, 0.717) is 11.7 Å². The van der Waals surface area contributed by atoms with Crippen molar-refractivity contribution in [2.24, 2.45) is 0 Å². The molecular formula is C11H16N2O. The smallest absolute Gasteiger partial charge is 0.224 e. The van der Waals surface area contributed by atoms with Crippen molar-refractivity contribution in [1.29, 1.82) is 0 Å². The van der Waals surface area contributed by atoms with Gasteiger partial charge in [0, 0.05) is 20.2 Å². The van der Waals surface area contributed by atoms with Crippen molar-refractivity contribution < 1.29 is 4.79 Å². The van der Waals surface area contributed by atoms with Gasteiger partial charge in [-0.15, -0.1) is 0 Å². The summed E-state index contributed by atoms with van der Waals surface area (Å²) in [7, 11) is 1.72. The molecule has 1 rings (SSSR count). The summed E-state index contributed by atoms with van der Waals surface area (Å²) in [5, 5.41) is 0. The molecule has 0 bridgehead atoms. The number of rotatable bonds is 2. The number of carbonyl (C=O) groups excluding carboxylic acids is 1. The van der Waals surface area contributed by atoms with Gasteiger partial charge in [-0.2, -0.15) is 0 Å². The Morgan fingerprint density at radius 1 is 1.43 bits per heavy atom. The van der Waals surface area contributed by atoms with Crippen LogP contribution in [-0.2, 0) is 4.79 Å². The van der Waals surface area contributed by atoms with Gasteiger partial charge in [0.15, 0.2) is 0 Å². The highest BCUT2D eigenvalue weighted by molar-refractivity contribution is 5.89. The quantitative estimate of drug-likeness (QED) is 0.719. The Labute approximate surface area is 84.8 Å². The first-order valence-corrected chi connectivity index (χ1v) is 4.72. The van der Waals surface area contributed by atoms with Crippen LogP contribution in [0.1, 0.15) is 32.3 Å². The van der Waals surface area contributed by atoms with Crippen LogP contribution < -0.4 is 4.90 Å². The number of carbonyl (C=O) groups is 1. The van der Waals surface area contributed by atoms with E-state index in [2.05, 4.69) is 18.8 Å². The molecule has 1 amide bonds. The van der Waals surface area contributed by atoms with Crippen molar-refractivity contribution in [3.8, 4) is 0 Å². The molecule has 3 heteroatoms. The number of nitrogens with zero attached hydrogens (tertiary/aromatic N) is 2. The minimum atomic E-state index is -0.00482. The summed E-state index contributed by atoms with van der Waals surface area (Å²) in [6.45, 7) is 5.76. The molecule has 0 aromatic carbocycles. The Balaban J connectivity index is 2.88. The SMILES string of the molecule is CC(=O)N(C)c1ccc(C(C)C)cn1. The molecule has 0 fully saturated rings. The van der Waals surface area contributed by atoms with Gasteiger partial charge in [-0.05, 0) is 17.5 Å². The van der Waals surface area contributed by atoms with Gasteiger partial charge in [-0.25, -0.2) is 4.98 Å². The van der Waals surface area contributed by atoms with E-state index in [9.17, 15) is 4.79 Å². The average molecular weight is 192 g/mol. The Kier molecular flexibility index (Phi) is 3.23. The maximum Gasteiger partial charge on any atom is 0.224 e. The lowest BCUT2D eigenvalue weighted by molar-refractivity contribution is -0.116. The van der Waals surface area contributed by atoms with E-state index >= 15 is 0 Å². The summed E-state index contributed by atoms with van der Waals surface area (Å²) in [4.78, 5) is 16.8. The van der Waals surface area contributed by atoms with Crippen molar-refractivity contribution in [2.75, 3.05) is 11.9 Å². The summed E-state index contributed by atoms with van der Waals surface area (Å²) in [6, 6.07) is 3.88. The van der Waals surface area contributed by atoms with Crippen LogP contribution in [0.25, 0.3) is 0 Å². The topological polar surface area (TPSA) is 33.2 Å². The van der Waals surface area contributed by atoms with Crippen LogP contribution in [0.4, 0.5) is 5.82 Å². The standard InChI is InChI=1S/C11H16N2O/c1-8(2)10-5-6-11(12-7-10)13(4)9(3)14/h5-8H,1-4H3. The highest BCUT2D eigenvalue weighted by Gasteiger charge is 2.06. The molecule has 0 radical (unpaired) electrons. The average Bonchev–Trinajstić information content (AvgIpc) is 2.16. The fourth-order valence-corrected chi connectivity index (χ4v) is 1.10. The molecule has 1 heterocycles. The van der Waals surface area contributed by atoms with Gasteiger partial charge in [-0.3, -0.25) is 4.79 Å². The zero-order valence-corrected chi connectivity index (χ0v) is 9.11. The van der Waals surface area contributed by atoms with E-state index in [4.69, 9.17) is 0 Å². The molecule has 0 aliphatic heterocycles. The van der Waals surface area contributed by atoms with E-state index in [1.165, 1.54) is 17.4 Å². The van der Waals surface area contributed by atoms with Crippen LogP contribution in [0, 0.1) is 0 Å². The maximum absolute atomic E-state index is 11.0. The van der Waals surface area contributed by atoms with E-state index in [0.717, 1.165) is 0 Å².